The molecule has 5 aromatic carbocycles. The molecule has 8 rings (SSSR count). The molecule has 3 aliphatic carbocycles. The Hall–Kier alpha value is -5.17. The molecule has 0 bridgehead atoms. The van der Waals surface area contributed by atoms with E-state index in [-0.39, 0.29) is 17.0 Å². The average molecular weight is 695 g/mol. The van der Waals surface area contributed by atoms with Crippen LogP contribution in [0.1, 0.15) is 100 Å². The summed E-state index contributed by atoms with van der Waals surface area (Å²) in [6.07, 6.45) is 4.18. The molecule has 2 unspecified atom stereocenters. The van der Waals surface area contributed by atoms with Crippen molar-refractivity contribution in [3.8, 4) is 5.75 Å². The lowest BCUT2D eigenvalue weighted by molar-refractivity contribution is -0.129. The van der Waals surface area contributed by atoms with Crippen LogP contribution < -0.4 is 0 Å². The number of phenols is 1. The number of rotatable bonds is 6. The second kappa shape index (κ2) is 16.4. The molecule has 6 nitrogen and oxygen atoms in total. The number of aliphatic hydroxyl groups is 2. The molecule has 3 aliphatic rings. The van der Waals surface area contributed by atoms with Gasteiger partial charge >= 0.3 is 0 Å². The molecule has 0 spiro atoms. The minimum Gasteiger partial charge on any atom is -0.508 e. The number of phenolic OH excluding ortho intramolecular Hbond substituents is 1. The van der Waals surface area contributed by atoms with Gasteiger partial charge in [0.25, 0.3) is 0 Å². The highest BCUT2D eigenvalue weighted by Crippen LogP contribution is 2.59. The Morgan fingerprint density at radius 1 is 0.635 bits per heavy atom. The maximum atomic E-state index is 12.3. The van der Waals surface area contributed by atoms with Crippen LogP contribution in [0.2, 0.25) is 0 Å². The van der Waals surface area contributed by atoms with Gasteiger partial charge in [0.15, 0.2) is 11.6 Å². The summed E-state index contributed by atoms with van der Waals surface area (Å²) in [5, 5.41) is 29.5. The van der Waals surface area contributed by atoms with Crippen LogP contribution in [0.25, 0.3) is 0 Å². The van der Waals surface area contributed by atoms with Crippen molar-refractivity contribution in [3.63, 3.8) is 0 Å². The maximum absolute atomic E-state index is 12.3. The van der Waals surface area contributed by atoms with E-state index in [1.807, 2.05) is 36.4 Å². The number of carbonyl (C=O) groups excluding carboxylic acids is 3. The van der Waals surface area contributed by atoms with Gasteiger partial charge in [0.1, 0.15) is 23.7 Å². The minimum atomic E-state index is -1.08. The van der Waals surface area contributed by atoms with Crippen LogP contribution in [-0.4, -0.2) is 32.7 Å². The smallest absolute Gasteiger partial charge is 0.195 e. The van der Waals surface area contributed by atoms with Crippen LogP contribution in [0.5, 0.6) is 5.75 Å². The SMILES string of the molecule is C[C@]12CC[C@@H]3c4ccc(O)cc4CC[C@H]3[C@@H]1CCC2=O.O=C(c1ccccc1)C(O)c1ccccc1.O=C(c1ccccc1)C(O)c1ccccc1. The standard InChI is InChI=1S/C18H22O2.2C14H12O2/c1-18-9-8-14-13-5-3-12(19)10-11(13)2-4-15(14)16(18)6-7-17(18)20;2*15-13(11-7-3-1-4-8-11)14(16)12-9-5-2-6-10-12/h3,5,10,14-16,19H,2,4,6-9H2,1H3;2*1-10,13,15H/t14-,15-,16+,18+;;/m1../s1. The summed E-state index contributed by atoms with van der Waals surface area (Å²) in [6.45, 7) is 2.22. The van der Waals surface area contributed by atoms with Crippen molar-refractivity contribution >= 4 is 17.3 Å². The van der Waals surface area contributed by atoms with Crippen LogP contribution in [0.3, 0.4) is 0 Å². The highest BCUT2D eigenvalue weighted by atomic mass is 16.3. The first kappa shape index (κ1) is 36.6. The third kappa shape index (κ3) is 7.99. The van der Waals surface area contributed by atoms with E-state index in [1.165, 1.54) is 17.5 Å². The molecule has 0 amide bonds. The van der Waals surface area contributed by atoms with Crippen LogP contribution in [-0.2, 0) is 11.2 Å². The molecule has 6 heteroatoms. The van der Waals surface area contributed by atoms with Crippen molar-refractivity contribution in [2.24, 2.45) is 17.3 Å². The first-order valence-corrected chi connectivity index (χ1v) is 18.2. The first-order chi connectivity index (χ1) is 25.2. The number of fused-ring (bicyclic) bond motifs is 5. The second-order valence-corrected chi connectivity index (χ2v) is 14.3. The van der Waals surface area contributed by atoms with Crippen molar-refractivity contribution in [1.29, 1.82) is 0 Å². The van der Waals surface area contributed by atoms with E-state index in [1.54, 1.807) is 97.1 Å². The number of aliphatic hydroxyl groups excluding tert-OH is 2. The molecule has 0 radical (unpaired) electrons. The maximum Gasteiger partial charge on any atom is 0.195 e. The Bertz CT molecular complexity index is 1870. The lowest BCUT2D eigenvalue weighted by Gasteiger charge is -2.48. The second-order valence-electron chi connectivity index (χ2n) is 14.3. The molecular weight excluding hydrogens is 649 g/mol. The van der Waals surface area contributed by atoms with E-state index >= 15 is 0 Å². The third-order valence-corrected chi connectivity index (χ3v) is 11.3. The molecule has 0 aliphatic heterocycles. The largest absolute Gasteiger partial charge is 0.508 e. The first-order valence-electron chi connectivity index (χ1n) is 18.2. The summed E-state index contributed by atoms with van der Waals surface area (Å²) in [5.41, 5.74) is 5.04. The Kier molecular flexibility index (Phi) is 11.6. The van der Waals surface area contributed by atoms with Crippen LogP contribution in [0.4, 0.5) is 0 Å². The number of hydrogen-bond donors (Lipinski definition) is 3. The van der Waals surface area contributed by atoms with E-state index < -0.39 is 12.2 Å². The van der Waals surface area contributed by atoms with Crippen LogP contribution >= 0.6 is 0 Å². The number of ketones is 3. The van der Waals surface area contributed by atoms with Crippen LogP contribution in [0.15, 0.2) is 140 Å². The summed E-state index contributed by atoms with van der Waals surface area (Å²) < 4.78 is 0. The highest BCUT2D eigenvalue weighted by molar-refractivity contribution is 6.00. The van der Waals surface area contributed by atoms with Gasteiger partial charge in [-0.05, 0) is 84.2 Å². The zero-order valence-electron chi connectivity index (χ0n) is 29.5. The number of benzene rings is 5. The van der Waals surface area contributed by atoms with E-state index in [0.717, 1.165) is 32.1 Å². The van der Waals surface area contributed by atoms with E-state index in [2.05, 4.69) is 13.0 Å². The summed E-state index contributed by atoms with van der Waals surface area (Å²) >= 11 is 0. The van der Waals surface area contributed by atoms with Gasteiger partial charge in [-0.25, -0.2) is 0 Å². The Labute approximate surface area is 305 Å². The lowest BCUT2D eigenvalue weighted by atomic mass is 9.55. The lowest BCUT2D eigenvalue weighted by Crippen LogP contribution is -2.42. The summed E-state index contributed by atoms with van der Waals surface area (Å²) in [4.78, 5) is 36.1. The van der Waals surface area contributed by atoms with E-state index in [9.17, 15) is 29.7 Å². The zero-order valence-corrected chi connectivity index (χ0v) is 29.5. The predicted octanol–water partition coefficient (Wildman–Crippen LogP) is 9.02. The number of aryl methyl sites for hydroxylation is 1. The normalized spacial score (nSPS) is 22.4. The fourth-order valence-electron chi connectivity index (χ4n) is 8.43. The number of Topliss-reactive ketones (excluding diaryl/α,β-unsaturated/α-hetero) is 3. The predicted molar refractivity (Wildman–Crippen MR) is 202 cm³/mol. The van der Waals surface area contributed by atoms with Crippen molar-refractivity contribution in [2.45, 2.75) is 63.6 Å². The molecule has 0 aromatic heterocycles. The zero-order chi connectivity index (χ0) is 36.7. The Morgan fingerprint density at radius 2 is 1.12 bits per heavy atom. The summed E-state index contributed by atoms with van der Waals surface area (Å²) in [6, 6.07) is 41.4. The molecule has 6 atom stereocenters. The molecule has 5 aromatic rings. The molecule has 2 saturated carbocycles. The van der Waals surface area contributed by atoms with Gasteiger partial charge in [-0.3, -0.25) is 14.4 Å². The molecule has 266 valence electrons. The number of carbonyl (C=O) groups is 3. The van der Waals surface area contributed by atoms with Gasteiger partial charge in [0, 0.05) is 23.0 Å². The monoisotopic (exact) mass is 694 g/mol. The van der Waals surface area contributed by atoms with E-state index in [4.69, 9.17) is 0 Å². The van der Waals surface area contributed by atoms with Crippen molar-refractivity contribution in [1.82, 2.24) is 0 Å². The third-order valence-electron chi connectivity index (χ3n) is 11.3. The van der Waals surface area contributed by atoms with Gasteiger partial charge in [-0.2, -0.15) is 0 Å². The molecule has 0 saturated heterocycles. The summed E-state index contributed by atoms with van der Waals surface area (Å²) in [7, 11) is 0. The molecule has 3 N–H and O–H groups in total. The van der Waals surface area contributed by atoms with E-state index in [0.29, 0.717) is 51.5 Å². The molecule has 0 heterocycles. The fourth-order valence-corrected chi connectivity index (χ4v) is 8.43. The Balaban J connectivity index is 0.000000135. The number of hydrogen-bond acceptors (Lipinski definition) is 6. The average Bonchev–Trinajstić information content (AvgIpc) is 3.51. The minimum absolute atomic E-state index is 0.0322. The van der Waals surface area contributed by atoms with Gasteiger partial charge < -0.3 is 15.3 Å². The molecule has 52 heavy (non-hydrogen) atoms. The quantitative estimate of drug-likeness (QED) is 0.153. The highest BCUT2D eigenvalue weighted by Gasteiger charge is 2.54. The van der Waals surface area contributed by atoms with Gasteiger partial charge in [-0.15, -0.1) is 0 Å². The number of aromatic hydroxyl groups is 1. The molecule has 2 fully saturated rings. The van der Waals surface area contributed by atoms with Crippen molar-refractivity contribution in [2.75, 3.05) is 0 Å². The molecular formula is C46H46O6. The Morgan fingerprint density at radius 3 is 1.62 bits per heavy atom. The fraction of sp³-hybridized carbons (Fsp3) is 0.283. The summed E-state index contributed by atoms with van der Waals surface area (Å²) in [5.74, 6) is 2.24. The van der Waals surface area contributed by atoms with Gasteiger partial charge in [-0.1, -0.05) is 134 Å². The van der Waals surface area contributed by atoms with Gasteiger partial charge in [0.2, 0.25) is 0 Å². The van der Waals surface area contributed by atoms with Gasteiger partial charge in [0.05, 0.1) is 0 Å². The van der Waals surface area contributed by atoms with Crippen molar-refractivity contribution < 1.29 is 29.7 Å². The topological polar surface area (TPSA) is 112 Å². The van der Waals surface area contributed by atoms with Crippen LogP contribution in [0, 0.1) is 17.3 Å². The van der Waals surface area contributed by atoms with Crippen molar-refractivity contribution in [3.05, 3.63) is 173 Å².